The number of halogens is 1. The lowest BCUT2D eigenvalue weighted by molar-refractivity contribution is -0.129. The van der Waals surface area contributed by atoms with Gasteiger partial charge in [-0.15, -0.1) is 0 Å². The van der Waals surface area contributed by atoms with Gasteiger partial charge in [0.2, 0.25) is 11.8 Å². The zero-order chi connectivity index (χ0) is 20.6. The van der Waals surface area contributed by atoms with Crippen molar-refractivity contribution in [3.05, 3.63) is 59.9 Å². The van der Waals surface area contributed by atoms with E-state index in [9.17, 15) is 14.0 Å². The van der Waals surface area contributed by atoms with Gasteiger partial charge < -0.3 is 19.9 Å². The van der Waals surface area contributed by atoms with Gasteiger partial charge in [-0.25, -0.2) is 4.39 Å². The zero-order valence-corrected chi connectivity index (χ0v) is 16.6. The standard InChI is InChI=1S/C22H26FN3O3/c1-17(27)26(16-18-6-8-19(23)9-7-18)11-10-22(28)24-20-4-2-3-5-21(20)25-12-14-29-15-13-25/h2-9H,10-16H2,1H3,(H,24,28). The molecule has 0 saturated carbocycles. The molecule has 0 bridgehead atoms. The van der Waals surface area contributed by atoms with E-state index < -0.39 is 0 Å². The molecule has 1 aliphatic heterocycles. The Hall–Kier alpha value is -2.93. The molecule has 0 atom stereocenters. The summed E-state index contributed by atoms with van der Waals surface area (Å²) in [5, 5.41) is 2.96. The maximum absolute atomic E-state index is 13.1. The molecule has 6 nitrogen and oxygen atoms in total. The van der Waals surface area contributed by atoms with Gasteiger partial charge in [0.25, 0.3) is 0 Å². The van der Waals surface area contributed by atoms with Crippen molar-refractivity contribution in [1.82, 2.24) is 4.90 Å². The van der Waals surface area contributed by atoms with Crippen LogP contribution in [-0.2, 0) is 20.9 Å². The van der Waals surface area contributed by atoms with Crippen molar-refractivity contribution in [2.24, 2.45) is 0 Å². The van der Waals surface area contributed by atoms with E-state index in [1.54, 1.807) is 17.0 Å². The molecule has 0 aromatic heterocycles. The molecular formula is C22H26FN3O3. The van der Waals surface area contributed by atoms with Crippen LogP contribution in [0.25, 0.3) is 0 Å². The molecule has 0 radical (unpaired) electrons. The molecule has 1 aliphatic rings. The van der Waals surface area contributed by atoms with E-state index in [1.165, 1.54) is 19.1 Å². The Morgan fingerprint density at radius 1 is 1.10 bits per heavy atom. The number of ether oxygens (including phenoxy) is 1. The largest absolute Gasteiger partial charge is 0.378 e. The molecule has 0 unspecified atom stereocenters. The summed E-state index contributed by atoms with van der Waals surface area (Å²) >= 11 is 0. The maximum Gasteiger partial charge on any atom is 0.226 e. The molecule has 0 aliphatic carbocycles. The third-order valence-corrected chi connectivity index (χ3v) is 4.87. The van der Waals surface area contributed by atoms with Crippen molar-refractivity contribution in [3.8, 4) is 0 Å². The molecule has 2 amide bonds. The van der Waals surface area contributed by atoms with E-state index >= 15 is 0 Å². The molecule has 1 saturated heterocycles. The number of morpholine rings is 1. The van der Waals surface area contributed by atoms with Crippen LogP contribution in [0.4, 0.5) is 15.8 Å². The van der Waals surface area contributed by atoms with Crippen LogP contribution in [-0.4, -0.2) is 49.6 Å². The Kier molecular flexibility index (Phi) is 7.19. The van der Waals surface area contributed by atoms with Crippen LogP contribution in [0.5, 0.6) is 0 Å². The van der Waals surface area contributed by atoms with Gasteiger partial charge in [-0.05, 0) is 29.8 Å². The Morgan fingerprint density at radius 3 is 2.48 bits per heavy atom. The van der Waals surface area contributed by atoms with E-state index in [-0.39, 0.29) is 30.6 Å². The first kappa shape index (κ1) is 20.8. The van der Waals surface area contributed by atoms with E-state index in [4.69, 9.17) is 4.74 Å². The molecule has 29 heavy (non-hydrogen) atoms. The van der Waals surface area contributed by atoms with Crippen molar-refractivity contribution in [2.45, 2.75) is 19.9 Å². The number of nitrogens with zero attached hydrogens (tertiary/aromatic N) is 2. The molecule has 3 rings (SSSR count). The Bertz CT molecular complexity index is 835. The number of rotatable bonds is 7. The highest BCUT2D eigenvalue weighted by Crippen LogP contribution is 2.26. The van der Waals surface area contributed by atoms with Crippen LogP contribution in [0.15, 0.2) is 48.5 Å². The lowest BCUT2D eigenvalue weighted by Crippen LogP contribution is -2.37. The van der Waals surface area contributed by atoms with Gasteiger partial charge in [0.1, 0.15) is 5.82 Å². The molecular weight excluding hydrogens is 373 g/mol. The Morgan fingerprint density at radius 2 is 1.79 bits per heavy atom. The maximum atomic E-state index is 13.1. The van der Waals surface area contributed by atoms with Crippen molar-refractivity contribution in [3.63, 3.8) is 0 Å². The predicted octanol–water partition coefficient (Wildman–Crippen LogP) is 3.04. The Labute approximate surface area is 170 Å². The number of carbonyl (C=O) groups is 2. The summed E-state index contributed by atoms with van der Waals surface area (Å²) < 4.78 is 18.5. The summed E-state index contributed by atoms with van der Waals surface area (Å²) in [5.41, 5.74) is 2.55. The number of hydrogen-bond acceptors (Lipinski definition) is 4. The summed E-state index contributed by atoms with van der Waals surface area (Å²) in [6, 6.07) is 13.7. The Balaban J connectivity index is 1.58. The summed E-state index contributed by atoms with van der Waals surface area (Å²) in [7, 11) is 0. The molecule has 2 aromatic rings. The predicted molar refractivity (Wildman–Crippen MR) is 110 cm³/mol. The van der Waals surface area contributed by atoms with E-state index in [0.717, 1.165) is 30.0 Å². The second-order valence-corrected chi connectivity index (χ2v) is 6.98. The summed E-state index contributed by atoms with van der Waals surface area (Å²) in [4.78, 5) is 28.3. The minimum Gasteiger partial charge on any atom is -0.378 e. The molecule has 2 aromatic carbocycles. The molecule has 154 valence electrons. The molecule has 1 fully saturated rings. The number of amides is 2. The second kappa shape index (κ2) is 10.0. The minimum atomic E-state index is -0.318. The van der Waals surface area contributed by atoms with Crippen LogP contribution < -0.4 is 10.2 Å². The van der Waals surface area contributed by atoms with Gasteiger partial charge in [0.05, 0.1) is 24.6 Å². The van der Waals surface area contributed by atoms with Gasteiger partial charge in [0, 0.05) is 39.5 Å². The first-order chi connectivity index (χ1) is 14.0. The number of anilines is 2. The lowest BCUT2D eigenvalue weighted by Gasteiger charge is -2.30. The minimum absolute atomic E-state index is 0.129. The molecule has 1 heterocycles. The first-order valence-electron chi connectivity index (χ1n) is 9.74. The topological polar surface area (TPSA) is 61.9 Å². The average Bonchev–Trinajstić information content (AvgIpc) is 2.73. The van der Waals surface area contributed by atoms with Crippen LogP contribution in [0.1, 0.15) is 18.9 Å². The highest BCUT2D eigenvalue weighted by Gasteiger charge is 2.17. The highest BCUT2D eigenvalue weighted by molar-refractivity contribution is 5.94. The number of nitrogens with one attached hydrogen (secondary N) is 1. The monoisotopic (exact) mass is 399 g/mol. The van der Waals surface area contributed by atoms with Crippen molar-refractivity contribution in [1.29, 1.82) is 0 Å². The third-order valence-electron chi connectivity index (χ3n) is 4.87. The number of hydrogen-bond donors (Lipinski definition) is 1. The normalized spacial score (nSPS) is 13.8. The van der Waals surface area contributed by atoms with E-state index in [0.29, 0.717) is 19.8 Å². The van der Waals surface area contributed by atoms with Gasteiger partial charge in [-0.1, -0.05) is 24.3 Å². The molecule has 7 heteroatoms. The fourth-order valence-corrected chi connectivity index (χ4v) is 3.27. The number of carbonyl (C=O) groups excluding carboxylic acids is 2. The average molecular weight is 399 g/mol. The third kappa shape index (κ3) is 6.02. The van der Waals surface area contributed by atoms with Crippen LogP contribution >= 0.6 is 0 Å². The van der Waals surface area contributed by atoms with Crippen LogP contribution in [0, 0.1) is 5.82 Å². The van der Waals surface area contributed by atoms with E-state index in [1.807, 2.05) is 24.3 Å². The fourth-order valence-electron chi connectivity index (χ4n) is 3.27. The van der Waals surface area contributed by atoms with Crippen molar-refractivity contribution >= 4 is 23.2 Å². The zero-order valence-electron chi connectivity index (χ0n) is 16.6. The fraction of sp³-hybridized carbons (Fsp3) is 0.364. The summed E-state index contributed by atoms with van der Waals surface area (Å²) in [6.45, 7) is 4.99. The smallest absolute Gasteiger partial charge is 0.226 e. The van der Waals surface area contributed by atoms with Crippen LogP contribution in [0.3, 0.4) is 0 Å². The number of para-hydroxylation sites is 2. The SMILES string of the molecule is CC(=O)N(CCC(=O)Nc1ccccc1N1CCOCC1)Cc1ccc(F)cc1. The summed E-state index contributed by atoms with van der Waals surface area (Å²) in [5.74, 6) is -0.603. The van der Waals surface area contributed by atoms with Crippen molar-refractivity contribution < 1.29 is 18.7 Å². The highest BCUT2D eigenvalue weighted by atomic mass is 19.1. The molecule has 0 spiro atoms. The first-order valence-corrected chi connectivity index (χ1v) is 9.74. The number of benzene rings is 2. The lowest BCUT2D eigenvalue weighted by atomic mass is 10.2. The van der Waals surface area contributed by atoms with E-state index in [2.05, 4.69) is 10.2 Å². The quantitative estimate of drug-likeness (QED) is 0.777. The van der Waals surface area contributed by atoms with Crippen molar-refractivity contribution in [2.75, 3.05) is 43.1 Å². The second-order valence-electron chi connectivity index (χ2n) is 6.98. The van der Waals surface area contributed by atoms with Gasteiger partial charge in [0.15, 0.2) is 0 Å². The van der Waals surface area contributed by atoms with Gasteiger partial charge in [-0.2, -0.15) is 0 Å². The van der Waals surface area contributed by atoms with Gasteiger partial charge >= 0.3 is 0 Å². The molecule has 1 N–H and O–H groups in total. The van der Waals surface area contributed by atoms with Gasteiger partial charge in [-0.3, -0.25) is 9.59 Å². The summed E-state index contributed by atoms with van der Waals surface area (Å²) in [6.07, 6.45) is 0.179. The van der Waals surface area contributed by atoms with Crippen LogP contribution in [0.2, 0.25) is 0 Å².